The lowest BCUT2D eigenvalue weighted by atomic mass is 9.96. The fraction of sp³-hybridized carbons (Fsp3) is 0.250. The van der Waals surface area contributed by atoms with Crippen molar-refractivity contribution in [3.63, 3.8) is 0 Å². The zero-order chi connectivity index (χ0) is 18.1. The van der Waals surface area contributed by atoms with Crippen molar-refractivity contribution < 1.29 is 4.79 Å². The minimum Gasteiger partial charge on any atom is -0.372 e. The topological polar surface area (TPSA) is 78.9 Å². The summed E-state index contributed by atoms with van der Waals surface area (Å²) in [5.74, 6) is 0.961. The minimum absolute atomic E-state index is 0.000572. The summed E-state index contributed by atoms with van der Waals surface area (Å²) in [7, 11) is 0. The first kappa shape index (κ1) is 16.3. The molecule has 132 valence electrons. The molecule has 1 aromatic heterocycles. The van der Waals surface area contributed by atoms with Gasteiger partial charge in [-0.25, -0.2) is 9.97 Å². The van der Waals surface area contributed by atoms with E-state index in [1.807, 2.05) is 42.5 Å². The highest BCUT2D eigenvalue weighted by Crippen LogP contribution is 2.35. The molecule has 0 aliphatic carbocycles. The predicted octanol–water partition coefficient (Wildman–Crippen LogP) is 4.15. The Bertz CT molecular complexity index is 957. The maximum Gasteiger partial charge on any atom is 0.247 e. The van der Waals surface area contributed by atoms with Crippen LogP contribution >= 0.6 is 0 Å². The van der Waals surface area contributed by atoms with Crippen LogP contribution in [0.5, 0.6) is 0 Å². The van der Waals surface area contributed by atoms with Crippen molar-refractivity contribution >= 4 is 39.7 Å². The number of para-hydroxylation sites is 1. The number of hydrogen-bond donors (Lipinski definition) is 3. The molecule has 0 saturated carbocycles. The van der Waals surface area contributed by atoms with Crippen LogP contribution in [-0.2, 0) is 4.79 Å². The van der Waals surface area contributed by atoms with Gasteiger partial charge in [0.15, 0.2) is 0 Å². The van der Waals surface area contributed by atoms with Crippen molar-refractivity contribution in [2.45, 2.75) is 26.3 Å². The first-order valence-electron chi connectivity index (χ1n) is 8.84. The standard InChI is InChI=1S/C20H21N5O/c1-3-12(2)18-20(26)25-16-9-14-15(10-17(16)24-18)21-11-22-19(14)23-13-7-5-4-6-8-13/h4-12,18,24H,3H2,1-2H3,(H,25,26)(H,21,22,23)/t12?,18-/m0/s1. The lowest BCUT2D eigenvalue weighted by molar-refractivity contribution is -0.118. The van der Waals surface area contributed by atoms with Crippen LogP contribution in [0.3, 0.4) is 0 Å². The number of anilines is 4. The van der Waals surface area contributed by atoms with E-state index in [-0.39, 0.29) is 17.9 Å². The van der Waals surface area contributed by atoms with E-state index in [1.165, 1.54) is 0 Å². The number of rotatable bonds is 4. The maximum atomic E-state index is 12.4. The van der Waals surface area contributed by atoms with Gasteiger partial charge in [0.25, 0.3) is 0 Å². The monoisotopic (exact) mass is 347 g/mol. The number of hydrogen-bond acceptors (Lipinski definition) is 5. The van der Waals surface area contributed by atoms with E-state index in [0.717, 1.165) is 34.4 Å². The molecule has 3 aromatic rings. The molecule has 0 radical (unpaired) electrons. The van der Waals surface area contributed by atoms with Crippen molar-refractivity contribution in [2.75, 3.05) is 16.0 Å². The van der Waals surface area contributed by atoms with E-state index < -0.39 is 0 Å². The van der Waals surface area contributed by atoms with Gasteiger partial charge in [-0.05, 0) is 30.2 Å². The molecule has 1 amide bonds. The van der Waals surface area contributed by atoms with Crippen molar-refractivity contribution in [1.82, 2.24) is 9.97 Å². The number of carbonyl (C=O) groups excluding carboxylic acids is 1. The van der Waals surface area contributed by atoms with Gasteiger partial charge in [-0.1, -0.05) is 38.5 Å². The Labute approximate surface area is 152 Å². The van der Waals surface area contributed by atoms with Crippen molar-refractivity contribution in [3.05, 3.63) is 48.8 Å². The Balaban J connectivity index is 1.74. The summed E-state index contributed by atoms with van der Waals surface area (Å²) < 4.78 is 0. The highest BCUT2D eigenvalue weighted by Gasteiger charge is 2.29. The van der Waals surface area contributed by atoms with E-state index in [0.29, 0.717) is 5.82 Å². The summed E-state index contributed by atoms with van der Waals surface area (Å²) in [4.78, 5) is 21.2. The first-order valence-corrected chi connectivity index (χ1v) is 8.84. The summed E-state index contributed by atoms with van der Waals surface area (Å²) in [6, 6.07) is 13.5. The smallest absolute Gasteiger partial charge is 0.247 e. The average Bonchev–Trinajstić information content (AvgIpc) is 2.67. The molecule has 2 aromatic carbocycles. The highest BCUT2D eigenvalue weighted by atomic mass is 16.2. The lowest BCUT2D eigenvalue weighted by Crippen LogP contribution is -2.43. The molecule has 2 heterocycles. The Hall–Kier alpha value is -3.15. The van der Waals surface area contributed by atoms with E-state index >= 15 is 0 Å². The third kappa shape index (κ3) is 2.94. The van der Waals surface area contributed by atoms with Gasteiger partial charge >= 0.3 is 0 Å². The second-order valence-electron chi connectivity index (χ2n) is 6.63. The fourth-order valence-electron chi connectivity index (χ4n) is 3.16. The molecular weight excluding hydrogens is 326 g/mol. The molecule has 4 rings (SSSR count). The quantitative estimate of drug-likeness (QED) is 0.661. The Morgan fingerprint density at radius 1 is 1.15 bits per heavy atom. The lowest BCUT2D eigenvalue weighted by Gasteiger charge is -2.30. The van der Waals surface area contributed by atoms with Crippen LogP contribution in [0, 0.1) is 5.92 Å². The number of nitrogens with one attached hydrogen (secondary N) is 3. The second kappa shape index (κ2) is 6.63. The third-order valence-electron chi connectivity index (χ3n) is 4.88. The molecule has 6 nitrogen and oxygen atoms in total. The Kier molecular flexibility index (Phi) is 4.16. The number of amides is 1. The van der Waals surface area contributed by atoms with Gasteiger partial charge in [-0.15, -0.1) is 0 Å². The molecule has 0 saturated heterocycles. The van der Waals surface area contributed by atoms with Crippen LogP contribution in [0.1, 0.15) is 20.3 Å². The third-order valence-corrected chi connectivity index (χ3v) is 4.88. The molecule has 3 N–H and O–H groups in total. The van der Waals surface area contributed by atoms with Crippen LogP contribution in [0.15, 0.2) is 48.8 Å². The van der Waals surface area contributed by atoms with Crippen LogP contribution in [0.25, 0.3) is 10.9 Å². The summed E-state index contributed by atoms with van der Waals surface area (Å²) in [6.45, 7) is 4.16. The number of aromatic nitrogens is 2. The molecule has 0 fully saturated rings. The zero-order valence-corrected chi connectivity index (χ0v) is 14.8. The minimum atomic E-state index is -0.228. The van der Waals surface area contributed by atoms with Gasteiger partial charge < -0.3 is 16.0 Å². The number of benzene rings is 2. The molecular formula is C20H21N5O. The van der Waals surface area contributed by atoms with Gasteiger partial charge in [0.1, 0.15) is 18.2 Å². The summed E-state index contributed by atoms with van der Waals surface area (Å²) >= 11 is 0. The molecule has 26 heavy (non-hydrogen) atoms. The van der Waals surface area contributed by atoms with Gasteiger partial charge in [0.2, 0.25) is 5.91 Å². The van der Waals surface area contributed by atoms with E-state index in [4.69, 9.17) is 0 Å². The van der Waals surface area contributed by atoms with Crippen LogP contribution < -0.4 is 16.0 Å². The fourth-order valence-corrected chi connectivity index (χ4v) is 3.16. The molecule has 0 bridgehead atoms. The Morgan fingerprint density at radius 3 is 2.73 bits per heavy atom. The van der Waals surface area contributed by atoms with Crippen molar-refractivity contribution in [1.29, 1.82) is 0 Å². The molecule has 0 spiro atoms. The van der Waals surface area contributed by atoms with E-state index in [1.54, 1.807) is 6.33 Å². The maximum absolute atomic E-state index is 12.4. The van der Waals surface area contributed by atoms with Gasteiger partial charge in [0, 0.05) is 11.1 Å². The van der Waals surface area contributed by atoms with Gasteiger partial charge in [0.05, 0.1) is 16.9 Å². The summed E-state index contributed by atoms with van der Waals surface area (Å²) in [5, 5.41) is 10.6. The van der Waals surface area contributed by atoms with Crippen LogP contribution in [-0.4, -0.2) is 21.9 Å². The molecule has 6 heteroatoms. The van der Waals surface area contributed by atoms with Crippen LogP contribution in [0.4, 0.5) is 22.9 Å². The zero-order valence-electron chi connectivity index (χ0n) is 14.8. The largest absolute Gasteiger partial charge is 0.372 e. The predicted molar refractivity (Wildman–Crippen MR) is 105 cm³/mol. The van der Waals surface area contributed by atoms with Gasteiger partial charge in [-0.2, -0.15) is 0 Å². The first-order chi connectivity index (χ1) is 12.7. The molecule has 1 aliphatic heterocycles. The normalized spacial score (nSPS) is 17.2. The molecule has 1 unspecified atom stereocenters. The number of nitrogens with zero attached hydrogens (tertiary/aromatic N) is 2. The van der Waals surface area contributed by atoms with Crippen molar-refractivity contribution in [2.24, 2.45) is 5.92 Å². The van der Waals surface area contributed by atoms with E-state index in [9.17, 15) is 4.79 Å². The highest BCUT2D eigenvalue weighted by molar-refractivity contribution is 6.07. The Morgan fingerprint density at radius 2 is 1.96 bits per heavy atom. The molecule has 1 aliphatic rings. The number of carbonyl (C=O) groups is 1. The number of fused-ring (bicyclic) bond motifs is 2. The van der Waals surface area contributed by atoms with Crippen molar-refractivity contribution in [3.8, 4) is 0 Å². The SMILES string of the molecule is CCC(C)[C@@H]1Nc2cc3ncnc(Nc4ccccc4)c3cc2NC1=O. The molecule has 2 atom stereocenters. The second-order valence-corrected chi connectivity index (χ2v) is 6.63. The summed E-state index contributed by atoms with van der Waals surface area (Å²) in [5.41, 5.74) is 3.42. The van der Waals surface area contributed by atoms with Crippen LogP contribution in [0.2, 0.25) is 0 Å². The van der Waals surface area contributed by atoms with Gasteiger partial charge in [-0.3, -0.25) is 4.79 Å². The summed E-state index contributed by atoms with van der Waals surface area (Å²) in [6.07, 6.45) is 2.48. The van der Waals surface area contributed by atoms with E-state index in [2.05, 4.69) is 39.8 Å². The average molecular weight is 347 g/mol.